The molecule has 0 nitrogen and oxygen atoms in total. The topological polar surface area (TPSA) is 0 Å². The molecular weight excluding hydrogens is 478 g/mol. The third kappa shape index (κ3) is 4.85. The van der Waals surface area contributed by atoms with Gasteiger partial charge in [0.05, 0.1) is 0 Å². The van der Waals surface area contributed by atoms with E-state index in [1.165, 1.54) is 25.7 Å². The van der Waals surface area contributed by atoms with Crippen molar-refractivity contribution < 1.29 is 20.8 Å². The predicted octanol–water partition coefficient (Wildman–Crippen LogP) is 8.38. The second kappa shape index (κ2) is 10.6. The Hall–Kier alpha value is 1.64. The third-order valence-electron chi connectivity index (χ3n) is 6.68. The molecule has 4 unspecified atom stereocenters. The van der Waals surface area contributed by atoms with Crippen molar-refractivity contribution in [3.8, 4) is 0 Å². The van der Waals surface area contributed by atoms with Gasteiger partial charge in [0.25, 0.3) is 0 Å². The van der Waals surface area contributed by atoms with Crippen LogP contribution in [0.2, 0.25) is 0 Å². The average molecular weight is 513 g/mol. The molecule has 0 radical (unpaired) electrons. The summed E-state index contributed by atoms with van der Waals surface area (Å²) < 4.78 is 0. The van der Waals surface area contributed by atoms with Crippen LogP contribution in [0.4, 0.5) is 0 Å². The second-order valence-corrected chi connectivity index (χ2v) is 14.9. The maximum atomic E-state index is 4.93. The van der Waals surface area contributed by atoms with Crippen LogP contribution in [-0.4, -0.2) is 10.5 Å². The Morgan fingerprint density at radius 3 is 1.69 bits per heavy atom. The van der Waals surface area contributed by atoms with Gasteiger partial charge in [-0.05, 0) is 65.6 Å². The summed E-state index contributed by atoms with van der Waals surface area (Å²) in [4.78, 5) is 3.16. The number of halogens is 2. The van der Waals surface area contributed by atoms with Crippen molar-refractivity contribution >= 4 is 40.5 Å². The Balaban J connectivity index is 0.000000635. The number of hydrogen-bond acceptors (Lipinski definition) is 2. The molecule has 2 heterocycles. The van der Waals surface area contributed by atoms with Crippen molar-refractivity contribution in [2.75, 3.05) is 0 Å². The van der Waals surface area contributed by atoms with Gasteiger partial charge in [0.15, 0.2) is 0 Å². The number of fused-ring (bicyclic) bond motifs is 3. The first-order chi connectivity index (χ1) is 11.4. The monoisotopic (exact) mass is 510 g/mol. The van der Waals surface area contributed by atoms with Gasteiger partial charge in [-0.1, -0.05) is 38.8 Å². The van der Waals surface area contributed by atoms with Crippen molar-refractivity contribution in [3.05, 3.63) is 36.8 Å². The molecule has 4 rings (SSSR count). The summed E-state index contributed by atoms with van der Waals surface area (Å²) in [6.45, 7) is 9.87. The standard InChI is InChI=1S/C19H28S2.2CH3.2ClH.Zr/c1-11-9-14-15-10-12(2)21-18(15)16(17(14)20-11)19(3,4)13-7-5-6-8-13;;;;;/h9-10,13-18H,5-8H2,1-4H3;2*1H3;2*1H;/q;2*-1;;;+4/p-2. The molecule has 0 N–H and O–H groups in total. The Morgan fingerprint density at radius 1 is 0.923 bits per heavy atom. The molecule has 0 aromatic carbocycles. The Kier molecular flexibility index (Phi) is 10.5. The van der Waals surface area contributed by atoms with Crippen LogP contribution in [0.15, 0.2) is 22.0 Å². The Morgan fingerprint density at radius 2 is 1.31 bits per heavy atom. The maximum absolute atomic E-state index is 4.93. The van der Waals surface area contributed by atoms with Crippen LogP contribution in [0.25, 0.3) is 0 Å². The summed E-state index contributed by atoms with van der Waals surface area (Å²) in [5, 5.41) is 1.71. The molecular formula is C21H34Cl2S2Zr. The van der Waals surface area contributed by atoms with Crippen molar-refractivity contribution in [2.24, 2.45) is 29.1 Å². The van der Waals surface area contributed by atoms with Gasteiger partial charge in [0.1, 0.15) is 0 Å². The molecule has 0 amide bonds. The van der Waals surface area contributed by atoms with E-state index in [1.54, 1.807) is 9.81 Å². The molecule has 2 aliphatic heterocycles. The Bertz CT molecular complexity index is 494. The first-order valence-corrected chi connectivity index (χ1v) is 17.2. The van der Waals surface area contributed by atoms with E-state index in [0.29, 0.717) is 5.41 Å². The van der Waals surface area contributed by atoms with Crippen LogP contribution in [0, 0.1) is 43.9 Å². The van der Waals surface area contributed by atoms with Gasteiger partial charge in [-0.2, -0.15) is 0 Å². The molecule has 4 atom stereocenters. The first kappa shape index (κ1) is 25.7. The molecule has 5 heteroatoms. The van der Waals surface area contributed by atoms with E-state index in [2.05, 4.69) is 63.4 Å². The summed E-state index contributed by atoms with van der Waals surface area (Å²) in [6, 6.07) is 0. The van der Waals surface area contributed by atoms with Crippen molar-refractivity contribution in [3.63, 3.8) is 0 Å². The van der Waals surface area contributed by atoms with Gasteiger partial charge in [-0.3, -0.25) is 0 Å². The van der Waals surface area contributed by atoms with Gasteiger partial charge in [0.2, 0.25) is 0 Å². The van der Waals surface area contributed by atoms with Gasteiger partial charge in [0, 0.05) is 10.5 Å². The summed E-state index contributed by atoms with van der Waals surface area (Å²) in [6.07, 6.45) is 11.1. The van der Waals surface area contributed by atoms with E-state index in [-0.39, 0.29) is 14.9 Å². The number of rotatable bonds is 2. The summed E-state index contributed by atoms with van der Waals surface area (Å²) in [7, 11) is 9.87. The molecule has 0 aromatic heterocycles. The van der Waals surface area contributed by atoms with E-state index >= 15 is 0 Å². The summed E-state index contributed by atoms with van der Waals surface area (Å²) >= 11 is 3.59. The molecule has 148 valence electrons. The van der Waals surface area contributed by atoms with Gasteiger partial charge >= 0.3 is 37.9 Å². The summed E-state index contributed by atoms with van der Waals surface area (Å²) in [5.41, 5.74) is 0.510. The molecule has 2 fully saturated rings. The Labute approximate surface area is 189 Å². The van der Waals surface area contributed by atoms with Crippen LogP contribution in [0.5, 0.6) is 0 Å². The molecule has 2 aliphatic carbocycles. The quantitative estimate of drug-likeness (QED) is 0.341. The van der Waals surface area contributed by atoms with Crippen LogP contribution >= 0.6 is 40.5 Å². The van der Waals surface area contributed by atoms with E-state index in [9.17, 15) is 0 Å². The normalized spacial score (nSPS) is 35.1. The van der Waals surface area contributed by atoms with Crippen molar-refractivity contribution in [2.45, 2.75) is 63.9 Å². The van der Waals surface area contributed by atoms with E-state index in [0.717, 1.165) is 34.2 Å². The second-order valence-electron chi connectivity index (χ2n) is 8.27. The fourth-order valence-corrected chi connectivity index (χ4v) is 9.26. The zero-order valence-electron chi connectivity index (χ0n) is 17.0. The zero-order chi connectivity index (χ0) is 17.5. The van der Waals surface area contributed by atoms with Crippen LogP contribution in [0.1, 0.15) is 53.4 Å². The molecule has 26 heavy (non-hydrogen) atoms. The predicted molar refractivity (Wildman–Crippen MR) is 121 cm³/mol. The van der Waals surface area contributed by atoms with E-state index in [4.69, 9.17) is 17.0 Å². The van der Waals surface area contributed by atoms with Gasteiger partial charge < -0.3 is 14.9 Å². The molecule has 2 saturated carbocycles. The molecule has 0 bridgehead atoms. The zero-order valence-corrected chi connectivity index (χ0v) is 22.6. The third-order valence-corrected chi connectivity index (χ3v) is 9.45. The summed E-state index contributed by atoms with van der Waals surface area (Å²) in [5.74, 6) is 3.48. The number of allylic oxidation sites excluding steroid dienone is 4. The molecule has 4 aliphatic rings. The average Bonchev–Trinajstić information content (AvgIpc) is 3.22. The SMILES string of the molecule is CC1=CC2C3C=C(C)SC3C(C(C)(C)C3CCCC3)C2S1.[CH3-].[CH3-].[Cl][Zr+2][Cl]. The molecule has 0 saturated heterocycles. The van der Waals surface area contributed by atoms with Crippen LogP contribution in [0.3, 0.4) is 0 Å². The molecule has 0 spiro atoms. The van der Waals surface area contributed by atoms with Crippen LogP contribution < -0.4 is 0 Å². The van der Waals surface area contributed by atoms with E-state index < -0.39 is 20.8 Å². The van der Waals surface area contributed by atoms with Gasteiger partial charge in [-0.15, -0.1) is 23.5 Å². The minimum atomic E-state index is -0.826. The van der Waals surface area contributed by atoms with Gasteiger partial charge in [-0.25, -0.2) is 0 Å². The number of thioether (sulfide) groups is 2. The number of hydrogen-bond donors (Lipinski definition) is 0. The fourth-order valence-electron chi connectivity index (χ4n) is 5.66. The van der Waals surface area contributed by atoms with E-state index in [1.807, 2.05) is 0 Å². The fraction of sp³-hybridized carbons (Fsp3) is 0.714. The van der Waals surface area contributed by atoms with Crippen molar-refractivity contribution in [1.82, 2.24) is 0 Å². The van der Waals surface area contributed by atoms with Crippen molar-refractivity contribution in [1.29, 1.82) is 0 Å². The van der Waals surface area contributed by atoms with Crippen LogP contribution in [-0.2, 0) is 20.8 Å². The molecule has 0 aromatic rings. The minimum absolute atomic E-state index is 0. The first-order valence-electron chi connectivity index (χ1n) is 9.06.